The molecule has 2 aromatic rings. The summed E-state index contributed by atoms with van der Waals surface area (Å²) in [4.78, 5) is 35.1. The number of carboxylic acid groups (broad SMARTS) is 2. The van der Waals surface area contributed by atoms with Crippen LogP contribution >= 0.6 is 0 Å². The van der Waals surface area contributed by atoms with Crippen molar-refractivity contribution >= 4 is 29.0 Å². The van der Waals surface area contributed by atoms with Gasteiger partial charge in [0.05, 0.1) is 18.7 Å². The molecule has 0 spiro atoms. The summed E-state index contributed by atoms with van der Waals surface area (Å²) in [5.41, 5.74) is 7.11. The topological polar surface area (TPSA) is 144 Å². The molecule has 1 aromatic carbocycles. The number of hydrogen-bond donors (Lipinski definition) is 3. The van der Waals surface area contributed by atoms with Gasteiger partial charge >= 0.3 is 5.97 Å². The molecule has 10 nitrogen and oxygen atoms in total. The Kier molecular flexibility index (Phi) is 5.49. The van der Waals surface area contributed by atoms with Gasteiger partial charge in [0.2, 0.25) is 0 Å². The summed E-state index contributed by atoms with van der Waals surface area (Å²) in [6.45, 7) is 3.57. The van der Waals surface area contributed by atoms with Crippen molar-refractivity contribution in [1.82, 2.24) is 4.57 Å². The number of methoxy groups -OCH3 is 1. The van der Waals surface area contributed by atoms with Gasteiger partial charge in [-0.2, -0.15) is 0 Å². The molecule has 32 heavy (non-hydrogen) atoms. The normalized spacial score (nSPS) is 22.5. The number of nitrogens with two attached hydrogens (primary N) is 1. The van der Waals surface area contributed by atoms with Crippen LogP contribution in [0.1, 0.15) is 42.6 Å². The van der Waals surface area contributed by atoms with Crippen molar-refractivity contribution < 1.29 is 29.3 Å². The van der Waals surface area contributed by atoms with Crippen LogP contribution in [0.15, 0.2) is 16.9 Å². The lowest BCUT2D eigenvalue weighted by molar-refractivity contribution is -0.122. The number of benzene rings is 1. The monoisotopic (exact) mass is 445 g/mol. The van der Waals surface area contributed by atoms with Gasteiger partial charge in [-0.3, -0.25) is 14.2 Å². The third-order valence-corrected chi connectivity index (χ3v) is 6.72. The van der Waals surface area contributed by atoms with Crippen LogP contribution < -0.4 is 25.7 Å². The molecule has 0 amide bonds. The van der Waals surface area contributed by atoms with Crippen molar-refractivity contribution in [1.29, 1.82) is 0 Å². The second-order valence-corrected chi connectivity index (χ2v) is 8.66. The molecule has 2 fully saturated rings. The second-order valence-electron chi connectivity index (χ2n) is 8.66. The molecule has 3 heterocycles. The molecule has 2 atom stereocenters. The summed E-state index contributed by atoms with van der Waals surface area (Å²) in [7, 11) is 1.59. The molecular formula is C22H27N3O7. The number of nitrogens with zero attached hydrogens (tertiary/aromatic N) is 2. The van der Waals surface area contributed by atoms with Crippen LogP contribution in [-0.4, -0.2) is 59.6 Å². The quantitative estimate of drug-likeness (QED) is 0.599. The Bertz CT molecular complexity index is 1140. The number of hydrogen-bond acceptors (Lipinski definition) is 7. The zero-order valence-electron chi connectivity index (χ0n) is 18.0. The van der Waals surface area contributed by atoms with E-state index in [9.17, 15) is 14.7 Å². The van der Waals surface area contributed by atoms with E-state index in [1.165, 1.54) is 6.07 Å². The molecule has 172 valence electrons. The van der Waals surface area contributed by atoms with Gasteiger partial charge < -0.3 is 30.3 Å². The molecule has 3 aliphatic rings. The fourth-order valence-corrected chi connectivity index (χ4v) is 4.87. The molecule has 5 rings (SSSR count). The second kappa shape index (κ2) is 8.01. The van der Waals surface area contributed by atoms with Gasteiger partial charge in [-0.25, -0.2) is 4.79 Å². The molecule has 0 radical (unpaired) electrons. The van der Waals surface area contributed by atoms with Crippen LogP contribution in [0, 0.1) is 5.92 Å². The number of carboxylic acids is 1. The van der Waals surface area contributed by atoms with Crippen LogP contribution in [0.3, 0.4) is 0 Å². The van der Waals surface area contributed by atoms with Crippen molar-refractivity contribution in [2.24, 2.45) is 11.7 Å². The maximum absolute atomic E-state index is 12.9. The summed E-state index contributed by atoms with van der Waals surface area (Å²) in [6, 6.07) is 2.96. The van der Waals surface area contributed by atoms with Crippen LogP contribution in [0.4, 0.5) is 5.69 Å². The molecule has 10 heteroatoms. The highest BCUT2D eigenvalue weighted by Gasteiger charge is 2.48. The maximum Gasteiger partial charge on any atom is 0.341 e. The lowest BCUT2D eigenvalue weighted by atomic mass is 9.97. The van der Waals surface area contributed by atoms with Gasteiger partial charge in [-0.15, -0.1) is 0 Å². The third-order valence-electron chi connectivity index (χ3n) is 6.72. The van der Waals surface area contributed by atoms with E-state index in [-0.39, 0.29) is 23.6 Å². The Morgan fingerprint density at radius 3 is 2.66 bits per heavy atom. The minimum absolute atomic E-state index is 0.0517. The average Bonchev–Trinajstić information content (AvgIpc) is 3.31. The highest BCUT2D eigenvalue weighted by molar-refractivity contribution is 5.99. The smallest absolute Gasteiger partial charge is 0.341 e. The first-order valence-corrected chi connectivity index (χ1v) is 10.5. The average molecular weight is 445 g/mol. The summed E-state index contributed by atoms with van der Waals surface area (Å²) >= 11 is 0. The Balaban J connectivity index is 0.000000775. The zero-order valence-corrected chi connectivity index (χ0v) is 18.0. The van der Waals surface area contributed by atoms with Crippen LogP contribution in [-0.2, 0) is 4.79 Å². The van der Waals surface area contributed by atoms with Gasteiger partial charge in [-0.05, 0) is 44.2 Å². The standard InChI is InChI=1S/C21H25N3O5.CH2O2/c1-11-10-29-18-16-12(7-14(20(26)27)19(25)24(11)16)8-15(28-2)17(18)23-6-3-13(9-23)21(22)4-5-21;2-1-3/h7-8,11,13H,3-6,9-10,22H2,1-2H3,(H,26,27);1H,(H,2,3)/t11-,13+;/m0./s1. The van der Waals surface area contributed by atoms with Crippen molar-refractivity contribution in [2.45, 2.75) is 37.8 Å². The number of pyridine rings is 1. The highest BCUT2D eigenvalue weighted by Crippen LogP contribution is 2.50. The van der Waals surface area contributed by atoms with Gasteiger partial charge in [0.25, 0.3) is 12.0 Å². The van der Waals surface area contributed by atoms with Crippen molar-refractivity contribution in [3.63, 3.8) is 0 Å². The lowest BCUT2D eigenvalue weighted by Gasteiger charge is -2.32. The largest absolute Gasteiger partial charge is 0.494 e. The predicted octanol–water partition coefficient (Wildman–Crippen LogP) is 1.68. The van der Waals surface area contributed by atoms with E-state index in [0.29, 0.717) is 34.9 Å². The fraction of sp³-hybridized carbons (Fsp3) is 0.500. The van der Waals surface area contributed by atoms with E-state index in [4.69, 9.17) is 25.1 Å². The summed E-state index contributed by atoms with van der Waals surface area (Å²) in [6.07, 6.45) is 3.15. The number of aromatic carboxylic acids is 1. The summed E-state index contributed by atoms with van der Waals surface area (Å²) < 4.78 is 13.4. The first-order chi connectivity index (χ1) is 15.3. The number of anilines is 1. The number of aromatic nitrogens is 1. The highest BCUT2D eigenvalue weighted by atomic mass is 16.5. The number of rotatable bonds is 4. The maximum atomic E-state index is 12.9. The molecule has 1 aromatic heterocycles. The number of ether oxygens (including phenoxy) is 2. The summed E-state index contributed by atoms with van der Waals surface area (Å²) in [5, 5.41) is 17.0. The Labute approximate surface area is 184 Å². The van der Waals surface area contributed by atoms with Crippen molar-refractivity contribution in [3.8, 4) is 11.5 Å². The lowest BCUT2D eigenvalue weighted by Crippen LogP contribution is -2.36. The van der Waals surface area contributed by atoms with E-state index in [1.54, 1.807) is 17.7 Å². The Morgan fingerprint density at radius 2 is 2.06 bits per heavy atom. The fourth-order valence-electron chi connectivity index (χ4n) is 4.87. The van der Waals surface area contributed by atoms with E-state index >= 15 is 0 Å². The molecule has 0 bridgehead atoms. The molecule has 1 saturated heterocycles. The number of carbonyl (C=O) groups is 2. The summed E-state index contributed by atoms with van der Waals surface area (Å²) in [5.74, 6) is 0.401. The minimum atomic E-state index is -1.23. The van der Waals surface area contributed by atoms with Gasteiger partial charge in [-0.1, -0.05) is 0 Å². The van der Waals surface area contributed by atoms with E-state index in [1.807, 2.05) is 6.92 Å². The van der Waals surface area contributed by atoms with Gasteiger partial charge in [0.1, 0.15) is 23.6 Å². The molecule has 4 N–H and O–H groups in total. The van der Waals surface area contributed by atoms with E-state index < -0.39 is 11.5 Å². The van der Waals surface area contributed by atoms with E-state index in [0.717, 1.165) is 38.0 Å². The first kappa shape index (κ1) is 21.9. The first-order valence-electron chi connectivity index (χ1n) is 10.5. The molecule has 0 unspecified atom stereocenters. The van der Waals surface area contributed by atoms with Crippen LogP contribution in [0.5, 0.6) is 11.5 Å². The van der Waals surface area contributed by atoms with Crippen LogP contribution in [0.25, 0.3) is 10.9 Å². The zero-order chi connectivity index (χ0) is 23.2. The van der Waals surface area contributed by atoms with Gasteiger partial charge in [0, 0.05) is 24.0 Å². The minimum Gasteiger partial charge on any atom is -0.494 e. The Hall–Kier alpha value is -3.27. The predicted molar refractivity (Wildman–Crippen MR) is 117 cm³/mol. The van der Waals surface area contributed by atoms with E-state index in [2.05, 4.69) is 4.90 Å². The molecule has 2 aliphatic heterocycles. The SMILES string of the molecule is COc1cc2cc(C(=O)O)c(=O)n3c2c(c1N1CC[C@@H](C2(N)CC2)C1)OC[C@@H]3C.O=CO. The molecular weight excluding hydrogens is 418 g/mol. The Morgan fingerprint density at radius 1 is 1.38 bits per heavy atom. The van der Waals surface area contributed by atoms with Gasteiger partial charge in [0.15, 0.2) is 5.75 Å². The molecule has 1 saturated carbocycles. The van der Waals surface area contributed by atoms with Crippen molar-refractivity contribution in [3.05, 3.63) is 28.0 Å². The molecule has 1 aliphatic carbocycles. The van der Waals surface area contributed by atoms with Crippen LogP contribution in [0.2, 0.25) is 0 Å². The van der Waals surface area contributed by atoms with Crippen molar-refractivity contribution in [2.75, 3.05) is 31.7 Å². The third kappa shape index (κ3) is 3.44.